The Morgan fingerprint density at radius 3 is 2.33 bits per heavy atom. The molecule has 1 aromatic carbocycles. The topological polar surface area (TPSA) is 65.3 Å². The number of ether oxygens (including phenoxy) is 1. The molecule has 0 unspecified atom stereocenters. The molecule has 0 N–H and O–H groups in total. The van der Waals surface area contributed by atoms with Crippen LogP contribution in [0.4, 0.5) is 11.5 Å². The fourth-order valence-corrected chi connectivity index (χ4v) is 3.32. The third kappa shape index (κ3) is 3.24. The van der Waals surface area contributed by atoms with E-state index in [1.807, 2.05) is 18.4 Å². The third-order valence-corrected chi connectivity index (χ3v) is 4.81. The van der Waals surface area contributed by atoms with Crippen LogP contribution < -0.4 is 14.5 Å². The van der Waals surface area contributed by atoms with Gasteiger partial charge in [0.25, 0.3) is 0 Å². The van der Waals surface area contributed by atoms with Gasteiger partial charge in [-0.15, -0.1) is 11.8 Å². The van der Waals surface area contributed by atoms with Gasteiger partial charge in [-0.3, -0.25) is 0 Å². The fourth-order valence-electron chi connectivity index (χ4n) is 2.82. The molecule has 0 bridgehead atoms. The van der Waals surface area contributed by atoms with Crippen molar-refractivity contribution in [2.45, 2.75) is 5.03 Å². The number of anilines is 2. The summed E-state index contributed by atoms with van der Waals surface area (Å²) in [5, 5.41) is 10.2. The molecule has 1 saturated heterocycles. The van der Waals surface area contributed by atoms with E-state index in [4.69, 9.17) is 4.74 Å². The lowest BCUT2D eigenvalue weighted by atomic mass is 10.2. The molecular weight excluding hydrogens is 322 g/mol. The van der Waals surface area contributed by atoms with E-state index in [2.05, 4.69) is 38.0 Å². The van der Waals surface area contributed by atoms with E-state index in [0.717, 1.165) is 42.8 Å². The van der Waals surface area contributed by atoms with Gasteiger partial charge in [0, 0.05) is 31.9 Å². The first-order valence-electron chi connectivity index (χ1n) is 7.70. The Balaban J connectivity index is 1.72. The van der Waals surface area contributed by atoms with Crippen molar-refractivity contribution >= 4 is 23.3 Å². The van der Waals surface area contributed by atoms with Gasteiger partial charge in [-0.1, -0.05) is 0 Å². The lowest BCUT2D eigenvalue weighted by molar-refractivity contribution is 0.415. The first-order valence-corrected chi connectivity index (χ1v) is 8.92. The molecule has 1 fully saturated rings. The molecule has 0 saturated carbocycles. The predicted octanol–water partition coefficient (Wildman–Crippen LogP) is 2.41. The van der Waals surface area contributed by atoms with Crippen LogP contribution in [-0.4, -0.2) is 49.5 Å². The Kier molecular flexibility index (Phi) is 5.06. The molecule has 124 valence electrons. The van der Waals surface area contributed by atoms with E-state index in [1.165, 1.54) is 23.8 Å². The van der Waals surface area contributed by atoms with E-state index >= 15 is 0 Å². The summed E-state index contributed by atoms with van der Waals surface area (Å²) < 4.78 is 5.21. The summed E-state index contributed by atoms with van der Waals surface area (Å²) >= 11 is 1.48. The number of nitriles is 1. The van der Waals surface area contributed by atoms with Gasteiger partial charge in [0.05, 0.1) is 7.11 Å². The van der Waals surface area contributed by atoms with Crippen molar-refractivity contribution in [1.82, 2.24) is 9.97 Å². The molecule has 0 amide bonds. The second kappa shape index (κ2) is 7.41. The van der Waals surface area contributed by atoms with Crippen LogP contribution in [0.25, 0.3) is 0 Å². The first kappa shape index (κ1) is 16.4. The summed E-state index contributed by atoms with van der Waals surface area (Å²) in [5.74, 6) is 1.60. The zero-order valence-electron chi connectivity index (χ0n) is 13.8. The average Bonchev–Trinajstić information content (AvgIpc) is 2.67. The van der Waals surface area contributed by atoms with E-state index in [0.29, 0.717) is 5.56 Å². The lowest BCUT2D eigenvalue weighted by Gasteiger charge is -2.37. The number of hydrogen-bond acceptors (Lipinski definition) is 7. The molecule has 24 heavy (non-hydrogen) atoms. The summed E-state index contributed by atoms with van der Waals surface area (Å²) in [5.41, 5.74) is 1.76. The van der Waals surface area contributed by atoms with Crippen molar-refractivity contribution in [1.29, 1.82) is 5.26 Å². The van der Waals surface area contributed by atoms with Gasteiger partial charge in [0.2, 0.25) is 0 Å². The molecule has 6 nitrogen and oxygen atoms in total. The first-order chi connectivity index (χ1) is 11.8. The Hall–Kier alpha value is -2.46. The van der Waals surface area contributed by atoms with Crippen LogP contribution in [0.3, 0.4) is 0 Å². The Labute approximate surface area is 146 Å². The number of hydrogen-bond donors (Lipinski definition) is 0. The van der Waals surface area contributed by atoms with Crippen LogP contribution >= 0.6 is 11.8 Å². The molecule has 0 atom stereocenters. The maximum absolute atomic E-state index is 9.45. The van der Waals surface area contributed by atoms with Crippen LogP contribution in [0.1, 0.15) is 5.56 Å². The van der Waals surface area contributed by atoms with Gasteiger partial charge in [-0.05, 0) is 30.5 Å². The standard InChI is InChI=1S/C17H19N5OS/c1-23-14-5-3-13(4-6-14)21-7-9-22(10-8-21)16-15(11-18)17(24-2)20-12-19-16/h3-6,12H,7-10H2,1-2H3. The monoisotopic (exact) mass is 341 g/mol. The van der Waals surface area contributed by atoms with Crippen molar-refractivity contribution in [3.05, 3.63) is 36.2 Å². The van der Waals surface area contributed by atoms with E-state index in [1.54, 1.807) is 7.11 Å². The SMILES string of the molecule is COc1ccc(N2CCN(c3ncnc(SC)c3C#N)CC2)cc1. The molecule has 3 rings (SSSR count). The molecular formula is C17H19N5OS. The zero-order chi connectivity index (χ0) is 16.9. The normalized spacial score (nSPS) is 14.4. The Bertz CT molecular complexity index is 736. The summed E-state index contributed by atoms with van der Waals surface area (Å²) in [4.78, 5) is 13.0. The van der Waals surface area contributed by atoms with Crippen molar-refractivity contribution < 1.29 is 4.74 Å². The highest BCUT2D eigenvalue weighted by atomic mass is 32.2. The van der Waals surface area contributed by atoms with Gasteiger partial charge in [-0.25, -0.2) is 9.97 Å². The Morgan fingerprint density at radius 1 is 1.08 bits per heavy atom. The zero-order valence-corrected chi connectivity index (χ0v) is 14.6. The predicted molar refractivity (Wildman–Crippen MR) is 95.9 cm³/mol. The maximum atomic E-state index is 9.45. The molecule has 2 heterocycles. The number of rotatable bonds is 4. The van der Waals surface area contributed by atoms with Crippen molar-refractivity contribution in [3.8, 4) is 11.8 Å². The second-order valence-electron chi connectivity index (χ2n) is 5.37. The van der Waals surface area contributed by atoms with Gasteiger partial charge in [-0.2, -0.15) is 5.26 Å². The minimum absolute atomic E-state index is 0.572. The molecule has 1 aliphatic rings. The molecule has 0 aliphatic carbocycles. The number of aromatic nitrogens is 2. The molecule has 1 aliphatic heterocycles. The largest absolute Gasteiger partial charge is 0.497 e. The molecule has 7 heteroatoms. The number of benzene rings is 1. The average molecular weight is 341 g/mol. The van der Waals surface area contributed by atoms with Gasteiger partial charge in [0.15, 0.2) is 5.82 Å². The second-order valence-corrected chi connectivity index (χ2v) is 6.16. The molecule has 0 spiro atoms. The number of nitrogens with zero attached hydrogens (tertiary/aromatic N) is 5. The van der Waals surface area contributed by atoms with E-state index in [-0.39, 0.29) is 0 Å². The minimum Gasteiger partial charge on any atom is -0.497 e. The van der Waals surface area contributed by atoms with Crippen LogP contribution in [-0.2, 0) is 0 Å². The Morgan fingerprint density at radius 2 is 1.75 bits per heavy atom. The smallest absolute Gasteiger partial charge is 0.151 e. The van der Waals surface area contributed by atoms with Gasteiger partial charge < -0.3 is 14.5 Å². The van der Waals surface area contributed by atoms with Crippen LogP contribution in [0.15, 0.2) is 35.6 Å². The van der Waals surface area contributed by atoms with E-state index < -0.39 is 0 Å². The molecule has 2 aromatic rings. The highest BCUT2D eigenvalue weighted by molar-refractivity contribution is 7.98. The minimum atomic E-state index is 0.572. The maximum Gasteiger partial charge on any atom is 0.151 e. The highest BCUT2D eigenvalue weighted by Crippen LogP contribution is 2.27. The summed E-state index contributed by atoms with van der Waals surface area (Å²) in [6.07, 6.45) is 3.46. The summed E-state index contributed by atoms with van der Waals surface area (Å²) in [6.45, 7) is 3.42. The van der Waals surface area contributed by atoms with Crippen molar-refractivity contribution in [2.75, 3.05) is 49.3 Å². The summed E-state index contributed by atoms with van der Waals surface area (Å²) in [7, 11) is 1.67. The van der Waals surface area contributed by atoms with E-state index in [9.17, 15) is 5.26 Å². The van der Waals surface area contributed by atoms with Crippen molar-refractivity contribution in [3.63, 3.8) is 0 Å². The molecule has 0 radical (unpaired) electrons. The van der Waals surface area contributed by atoms with Gasteiger partial charge in [0.1, 0.15) is 28.7 Å². The van der Waals surface area contributed by atoms with Crippen LogP contribution in [0, 0.1) is 11.3 Å². The molecule has 1 aromatic heterocycles. The third-order valence-electron chi connectivity index (χ3n) is 4.11. The van der Waals surface area contributed by atoms with Crippen molar-refractivity contribution in [2.24, 2.45) is 0 Å². The lowest BCUT2D eigenvalue weighted by Crippen LogP contribution is -2.47. The number of methoxy groups -OCH3 is 1. The van der Waals surface area contributed by atoms with Gasteiger partial charge >= 0.3 is 0 Å². The quantitative estimate of drug-likeness (QED) is 0.625. The summed E-state index contributed by atoms with van der Waals surface area (Å²) in [6, 6.07) is 10.4. The van der Waals surface area contributed by atoms with Crippen LogP contribution in [0.5, 0.6) is 5.75 Å². The number of piperazine rings is 1. The number of thioether (sulfide) groups is 1. The fraction of sp³-hybridized carbons (Fsp3) is 0.353. The highest BCUT2D eigenvalue weighted by Gasteiger charge is 2.22. The van der Waals surface area contributed by atoms with Crippen LogP contribution in [0.2, 0.25) is 0 Å².